The van der Waals surface area contributed by atoms with E-state index in [1.54, 1.807) is 23.5 Å². The van der Waals surface area contributed by atoms with Crippen LogP contribution in [0.1, 0.15) is 18.5 Å². The largest absolute Gasteiger partial charge is 0.324 e. The molecular formula is C12H13N3O2S2. The predicted octanol–water partition coefficient (Wildman–Crippen LogP) is 3.38. The van der Waals surface area contributed by atoms with E-state index in [2.05, 4.69) is 15.3 Å². The van der Waals surface area contributed by atoms with E-state index in [4.69, 9.17) is 0 Å². The summed E-state index contributed by atoms with van der Waals surface area (Å²) < 4.78 is 0. The minimum atomic E-state index is -0.354. The minimum absolute atomic E-state index is 0.172. The SMILES string of the molecule is O=[N+]([O-])c1ccc(-c2nc(CN3CCCC3)cs2)s1. The van der Waals surface area contributed by atoms with Crippen molar-refractivity contribution in [3.63, 3.8) is 0 Å². The summed E-state index contributed by atoms with van der Waals surface area (Å²) in [5.74, 6) is 0. The van der Waals surface area contributed by atoms with E-state index in [-0.39, 0.29) is 9.92 Å². The van der Waals surface area contributed by atoms with E-state index >= 15 is 0 Å². The molecule has 0 aliphatic carbocycles. The van der Waals surface area contributed by atoms with Crippen molar-refractivity contribution in [1.82, 2.24) is 9.88 Å². The van der Waals surface area contributed by atoms with Crippen LogP contribution in [0, 0.1) is 10.1 Å². The molecule has 0 atom stereocenters. The lowest BCUT2D eigenvalue weighted by molar-refractivity contribution is -0.380. The van der Waals surface area contributed by atoms with Gasteiger partial charge in [-0.1, -0.05) is 11.3 Å². The van der Waals surface area contributed by atoms with Crippen molar-refractivity contribution in [2.45, 2.75) is 19.4 Å². The molecule has 0 radical (unpaired) electrons. The van der Waals surface area contributed by atoms with Gasteiger partial charge in [-0.15, -0.1) is 11.3 Å². The topological polar surface area (TPSA) is 59.3 Å². The van der Waals surface area contributed by atoms with E-state index in [1.165, 1.54) is 24.2 Å². The van der Waals surface area contributed by atoms with Crippen LogP contribution in [0.3, 0.4) is 0 Å². The van der Waals surface area contributed by atoms with E-state index in [1.807, 2.05) is 0 Å². The number of rotatable bonds is 4. The Morgan fingerprint density at radius 1 is 1.37 bits per heavy atom. The zero-order valence-corrected chi connectivity index (χ0v) is 11.9. The molecular weight excluding hydrogens is 282 g/mol. The molecule has 1 aliphatic heterocycles. The quantitative estimate of drug-likeness (QED) is 0.641. The Hall–Kier alpha value is -1.31. The van der Waals surface area contributed by atoms with Gasteiger partial charge in [0.25, 0.3) is 0 Å². The lowest BCUT2D eigenvalue weighted by atomic mass is 10.4. The summed E-state index contributed by atoms with van der Waals surface area (Å²) in [6, 6.07) is 3.32. The van der Waals surface area contributed by atoms with Crippen LogP contribution >= 0.6 is 22.7 Å². The van der Waals surface area contributed by atoms with E-state index < -0.39 is 0 Å². The molecule has 0 unspecified atom stereocenters. The first-order chi connectivity index (χ1) is 9.22. The maximum atomic E-state index is 10.7. The molecule has 7 heteroatoms. The van der Waals surface area contributed by atoms with Gasteiger partial charge in [0.2, 0.25) is 0 Å². The van der Waals surface area contributed by atoms with Crippen LogP contribution in [0.15, 0.2) is 17.5 Å². The molecule has 2 aromatic heterocycles. The normalized spacial score (nSPS) is 16.0. The van der Waals surface area contributed by atoms with Crippen molar-refractivity contribution in [3.05, 3.63) is 33.3 Å². The summed E-state index contributed by atoms with van der Waals surface area (Å²) in [6.07, 6.45) is 2.54. The van der Waals surface area contributed by atoms with Gasteiger partial charge in [0, 0.05) is 18.0 Å². The first-order valence-corrected chi connectivity index (χ1v) is 7.83. The average molecular weight is 295 g/mol. The molecule has 0 aromatic carbocycles. The van der Waals surface area contributed by atoms with Gasteiger partial charge in [-0.05, 0) is 32.0 Å². The summed E-state index contributed by atoms with van der Waals surface area (Å²) in [6.45, 7) is 3.19. The van der Waals surface area contributed by atoms with Gasteiger partial charge in [0.1, 0.15) is 5.01 Å². The molecule has 0 spiro atoms. The van der Waals surface area contributed by atoms with Crippen LogP contribution in [0.4, 0.5) is 5.00 Å². The third kappa shape index (κ3) is 2.83. The highest BCUT2D eigenvalue weighted by Gasteiger charge is 2.16. The Morgan fingerprint density at radius 3 is 2.84 bits per heavy atom. The number of thiophene rings is 1. The second-order valence-corrected chi connectivity index (χ2v) is 6.44. The van der Waals surface area contributed by atoms with Crippen LogP contribution in [0.5, 0.6) is 0 Å². The van der Waals surface area contributed by atoms with Gasteiger partial charge in [-0.25, -0.2) is 4.98 Å². The molecule has 100 valence electrons. The third-order valence-electron chi connectivity index (χ3n) is 3.12. The Morgan fingerprint density at radius 2 is 2.16 bits per heavy atom. The predicted molar refractivity (Wildman–Crippen MR) is 76.6 cm³/mol. The zero-order chi connectivity index (χ0) is 13.2. The summed E-state index contributed by atoms with van der Waals surface area (Å²) in [4.78, 5) is 18.2. The van der Waals surface area contributed by atoms with Crippen molar-refractivity contribution in [3.8, 4) is 9.88 Å². The number of hydrogen-bond donors (Lipinski definition) is 0. The number of likely N-dealkylation sites (tertiary alicyclic amines) is 1. The molecule has 19 heavy (non-hydrogen) atoms. The number of nitro groups is 1. The van der Waals surface area contributed by atoms with Crippen molar-refractivity contribution in [2.24, 2.45) is 0 Å². The molecule has 3 rings (SSSR count). The van der Waals surface area contributed by atoms with Crippen molar-refractivity contribution in [2.75, 3.05) is 13.1 Å². The summed E-state index contributed by atoms with van der Waals surface area (Å²) in [5.41, 5.74) is 1.07. The molecule has 1 fully saturated rings. The number of thiazole rings is 1. The lowest BCUT2D eigenvalue weighted by Crippen LogP contribution is -2.18. The first-order valence-electron chi connectivity index (χ1n) is 6.14. The van der Waals surface area contributed by atoms with Gasteiger partial charge in [-0.2, -0.15) is 0 Å². The minimum Gasteiger partial charge on any atom is -0.297 e. The fourth-order valence-electron chi connectivity index (χ4n) is 2.20. The molecule has 0 N–H and O–H groups in total. The van der Waals surface area contributed by atoms with Crippen molar-refractivity contribution < 1.29 is 4.92 Å². The third-order valence-corrected chi connectivity index (χ3v) is 5.22. The Bertz CT molecular complexity index is 587. The Kier molecular flexibility index (Phi) is 3.58. The lowest BCUT2D eigenvalue weighted by Gasteiger charge is -2.11. The molecule has 5 nitrogen and oxygen atoms in total. The van der Waals surface area contributed by atoms with Gasteiger partial charge in [0.05, 0.1) is 15.5 Å². The van der Waals surface area contributed by atoms with E-state index in [9.17, 15) is 10.1 Å². The van der Waals surface area contributed by atoms with Crippen LogP contribution < -0.4 is 0 Å². The van der Waals surface area contributed by atoms with Crippen LogP contribution in [-0.2, 0) is 6.54 Å². The van der Waals surface area contributed by atoms with Crippen LogP contribution in [0.25, 0.3) is 9.88 Å². The molecule has 1 aliphatic rings. The van der Waals surface area contributed by atoms with Gasteiger partial charge in [0.15, 0.2) is 0 Å². The average Bonchev–Trinajstić information content (AvgIpc) is 3.09. The van der Waals surface area contributed by atoms with Crippen molar-refractivity contribution >= 4 is 27.7 Å². The number of nitrogens with zero attached hydrogens (tertiary/aromatic N) is 3. The fraction of sp³-hybridized carbons (Fsp3) is 0.417. The van der Waals surface area contributed by atoms with E-state index in [0.717, 1.165) is 35.2 Å². The maximum absolute atomic E-state index is 10.7. The summed E-state index contributed by atoms with van der Waals surface area (Å²) >= 11 is 2.75. The van der Waals surface area contributed by atoms with Gasteiger partial charge >= 0.3 is 5.00 Å². The Balaban J connectivity index is 1.74. The highest BCUT2D eigenvalue weighted by atomic mass is 32.1. The standard InChI is InChI=1S/C12H13N3O2S2/c16-15(17)11-4-3-10(19-11)12-13-9(8-18-12)7-14-5-1-2-6-14/h3-4,8H,1-2,5-7H2. The molecule has 0 saturated carbocycles. The first kappa shape index (κ1) is 12.7. The van der Waals surface area contributed by atoms with Crippen LogP contribution in [0.2, 0.25) is 0 Å². The number of aromatic nitrogens is 1. The highest BCUT2D eigenvalue weighted by Crippen LogP contribution is 2.34. The van der Waals surface area contributed by atoms with Crippen molar-refractivity contribution in [1.29, 1.82) is 0 Å². The molecule has 1 saturated heterocycles. The molecule has 0 amide bonds. The van der Waals surface area contributed by atoms with Gasteiger partial charge < -0.3 is 0 Å². The van der Waals surface area contributed by atoms with Gasteiger partial charge in [-0.3, -0.25) is 15.0 Å². The molecule has 2 aromatic rings. The second kappa shape index (κ2) is 5.36. The van der Waals surface area contributed by atoms with E-state index in [0.29, 0.717) is 0 Å². The summed E-state index contributed by atoms with van der Waals surface area (Å²) in [7, 11) is 0. The molecule has 3 heterocycles. The summed E-state index contributed by atoms with van der Waals surface area (Å²) in [5, 5.41) is 13.8. The van der Waals surface area contributed by atoms with Crippen LogP contribution in [-0.4, -0.2) is 27.9 Å². The zero-order valence-electron chi connectivity index (χ0n) is 10.2. The monoisotopic (exact) mass is 295 g/mol. The smallest absolute Gasteiger partial charge is 0.297 e. The highest BCUT2D eigenvalue weighted by molar-refractivity contribution is 7.22. The number of hydrogen-bond acceptors (Lipinski definition) is 6. The Labute approximate surface area is 118 Å². The molecule has 0 bridgehead atoms. The second-order valence-electron chi connectivity index (χ2n) is 4.52. The maximum Gasteiger partial charge on any atom is 0.324 e. The fourth-order valence-corrected chi connectivity index (χ4v) is 3.91.